The van der Waals surface area contributed by atoms with Crippen molar-refractivity contribution >= 4 is 22.8 Å². The Kier molecular flexibility index (Phi) is 4.31. The van der Waals surface area contributed by atoms with Gasteiger partial charge in [-0.3, -0.25) is 14.7 Å². The number of anilines is 1. The van der Waals surface area contributed by atoms with Gasteiger partial charge in [0, 0.05) is 50.8 Å². The first-order chi connectivity index (χ1) is 10.2. The van der Waals surface area contributed by atoms with Crippen LogP contribution in [0.4, 0.5) is 5.69 Å². The maximum atomic E-state index is 11.3. The molecule has 5 heteroatoms. The van der Waals surface area contributed by atoms with Gasteiger partial charge in [0.05, 0.1) is 4.88 Å². The van der Waals surface area contributed by atoms with E-state index < -0.39 is 0 Å². The summed E-state index contributed by atoms with van der Waals surface area (Å²) in [6, 6.07) is 6.16. The highest BCUT2D eigenvalue weighted by Gasteiger charge is 2.17. The van der Waals surface area contributed by atoms with Gasteiger partial charge >= 0.3 is 0 Å². The topological polar surface area (TPSA) is 36.4 Å². The van der Waals surface area contributed by atoms with Crippen LogP contribution in [-0.2, 0) is 6.54 Å². The van der Waals surface area contributed by atoms with Gasteiger partial charge in [-0.15, -0.1) is 11.3 Å². The molecule has 3 heterocycles. The number of carbonyl (C=O) groups excluding carboxylic acids is 1. The van der Waals surface area contributed by atoms with E-state index in [1.54, 1.807) is 18.3 Å². The van der Waals surface area contributed by atoms with Gasteiger partial charge in [-0.25, -0.2) is 0 Å². The minimum Gasteiger partial charge on any atom is -0.369 e. The molecule has 110 valence electrons. The maximum absolute atomic E-state index is 11.3. The van der Waals surface area contributed by atoms with Gasteiger partial charge in [0.1, 0.15) is 0 Å². The Balaban J connectivity index is 1.55. The first kappa shape index (κ1) is 14.2. The zero-order chi connectivity index (χ0) is 14.7. The summed E-state index contributed by atoms with van der Waals surface area (Å²) in [5.74, 6) is 0.161. The smallest absolute Gasteiger partial charge is 0.169 e. The van der Waals surface area contributed by atoms with Crippen molar-refractivity contribution in [2.45, 2.75) is 13.5 Å². The lowest BCUT2D eigenvalue weighted by Gasteiger charge is -2.35. The number of nitrogens with zero attached hydrogens (tertiary/aromatic N) is 3. The standard InChI is InChI=1S/C16H19N3OS/c1-13(20)16-10-14(12-21-16)11-18-6-8-19(9-7-18)15-2-4-17-5-3-15/h2-5,10,12H,6-9,11H2,1H3. The summed E-state index contributed by atoms with van der Waals surface area (Å²) in [6.45, 7) is 6.74. The van der Waals surface area contributed by atoms with Gasteiger partial charge in [-0.05, 0) is 36.1 Å². The van der Waals surface area contributed by atoms with Crippen LogP contribution in [0.3, 0.4) is 0 Å². The monoisotopic (exact) mass is 301 g/mol. The van der Waals surface area contributed by atoms with Crippen LogP contribution in [0.5, 0.6) is 0 Å². The van der Waals surface area contributed by atoms with Crippen molar-refractivity contribution in [1.29, 1.82) is 0 Å². The quantitative estimate of drug-likeness (QED) is 0.814. The van der Waals surface area contributed by atoms with E-state index in [-0.39, 0.29) is 5.78 Å². The van der Waals surface area contributed by atoms with E-state index in [0.717, 1.165) is 37.6 Å². The Morgan fingerprint density at radius 1 is 1.24 bits per heavy atom. The van der Waals surface area contributed by atoms with Gasteiger partial charge < -0.3 is 4.90 Å². The molecule has 1 fully saturated rings. The van der Waals surface area contributed by atoms with Gasteiger partial charge in [0.15, 0.2) is 5.78 Å². The number of piperazine rings is 1. The molecule has 1 aliphatic rings. The third-order valence-corrected chi connectivity index (χ3v) is 4.89. The van der Waals surface area contributed by atoms with Crippen LogP contribution >= 0.6 is 11.3 Å². The summed E-state index contributed by atoms with van der Waals surface area (Å²) in [5.41, 5.74) is 2.50. The predicted octanol–water partition coefficient (Wildman–Crippen LogP) is 2.67. The molecule has 3 rings (SSSR count). The molecular weight excluding hydrogens is 282 g/mol. The molecule has 4 nitrogen and oxygen atoms in total. The summed E-state index contributed by atoms with van der Waals surface area (Å²) in [7, 11) is 0. The number of pyridine rings is 1. The summed E-state index contributed by atoms with van der Waals surface area (Å²) >= 11 is 1.55. The zero-order valence-electron chi connectivity index (χ0n) is 12.2. The van der Waals surface area contributed by atoms with Crippen molar-refractivity contribution in [3.63, 3.8) is 0 Å². The molecule has 0 N–H and O–H groups in total. The largest absolute Gasteiger partial charge is 0.369 e. The minimum absolute atomic E-state index is 0.161. The molecule has 0 saturated carbocycles. The van der Waals surface area contributed by atoms with Crippen LogP contribution < -0.4 is 4.90 Å². The van der Waals surface area contributed by atoms with Gasteiger partial charge in [-0.1, -0.05) is 0 Å². The molecule has 21 heavy (non-hydrogen) atoms. The number of carbonyl (C=O) groups is 1. The SMILES string of the molecule is CC(=O)c1cc(CN2CCN(c3ccncc3)CC2)cs1. The van der Waals surface area contributed by atoms with E-state index in [2.05, 4.69) is 32.3 Å². The van der Waals surface area contributed by atoms with Gasteiger partial charge in [-0.2, -0.15) is 0 Å². The number of thiophene rings is 1. The molecule has 1 aliphatic heterocycles. The van der Waals surface area contributed by atoms with E-state index in [9.17, 15) is 4.79 Å². The third kappa shape index (κ3) is 3.49. The number of aromatic nitrogens is 1. The second kappa shape index (κ2) is 6.37. The highest BCUT2D eigenvalue weighted by atomic mass is 32.1. The van der Waals surface area contributed by atoms with Crippen LogP contribution in [0.15, 0.2) is 36.0 Å². The molecule has 0 unspecified atom stereocenters. The van der Waals surface area contributed by atoms with Crippen molar-refractivity contribution in [2.24, 2.45) is 0 Å². The summed E-state index contributed by atoms with van der Waals surface area (Å²) in [6.07, 6.45) is 3.69. The van der Waals surface area contributed by atoms with Crippen LogP contribution in [-0.4, -0.2) is 41.8 Å². The van der Waals surface area contributed by atoms with Crippen LogP contribution in [0, 0.1) is 0 Å². The molecule has 0 spiro atoms. The average Bonchev–Trinajstić information content (AvgIpc) is 2.98. The number of Topliss-reactive ketones (excluding diaryl/α,β-unsaturated/α-hetero) is 1. The first-order valence-electron chi connectivity index (χ1n) is 7.18. The summed E-state index contributed by atoms with van der Waals surface area (Å²) < 4.78 is 0. The Bertz CT molecular complexity index is 603. The van der Waals surface area contributed by atoms with Crippen LogP contribution in [0.1, 0.15) is 22.2 Å². The Morgan fingerprint density at radius 3 is 2.57 bits per heavy atom. The van der Waals surface area contributed by atoms with Crippen molar-refractivity contribution < 1.29 is 4.79 Å². The molecule has 0 bridgehead atoms. The lowest BCUT2D eigenvalue weighted by molar-refractivity contribution is 0.102. The van der Waals surface area contributed by atoms with Gasteiger partial charge in [0.2, 0.25) is 0 Å². The highest BCUT2D eigenvalue weighted by molar-refractivity contribution is 7.12. The number of ketones is 1. The summed E-state index contributed by atoms with van der Waals surface area (Å²) in [4.78, 5) is 21.1. The lowest BCUT2D eigenvalue weighted by atomic mass is 10.2. The molecule has 0 amide bonds. The molecule has 2 aromatic heterocycles. The normalized spacial score (nSPS) is 16.1. The fraction of sp³-hybridized carbons (Fsp3) is 0.375. The fourth-order valence-electron chi connectivity index (χ4n) is 2.62. The van der Waals surface area contributed by atoms with Crippen molar-refractivity contribution in [3.05, 3.63) is 46.4 Å². The molecule has 0 aromatic carbocycles. The lowest BCUT2D eigenvalue weighted by Crippen LogP contribution is -2.45. The number of hydrogen-bond acceptors (Lipinski definition) is 5. The van der Waals surface area contributed by atoms with E-state index in [4.69, 9.17) is 0 Å². The Labute approximate surface area is 129 Å². The van der Waals surface area contributed by atoms with Crippen molar-refractivity contribution in [2.75, 3.05) is 31.1 Å². The fourth-order valence-corrected chi connectivity index (χ4v) is 3.43. The van der Waals surface area contributed by atoms with E-state index in [1.165, 1.54) is 11.3 Å². The molecule has 0 aliphatic carbocycles. The molecule has 1 saturated heterocycles. The second-order valence-electron chi connectivity index (χ2n) is 5.34. The highest BCUT2D eigenvalue weighted by Crippen LogP contribution is 2.19. The van der Waals surface area contributed by atoms with Crippen molar-refractivity contribution in [1.82, 2.24) is 9.88 Å². The first-order valence-corrected chi connectivity index (χ1v) is 8.06. The van der Waals surface area contributed by atoms with Crippen LogP contribution in [0.2, 0.25) is 0 Å². The number of hydrogen-bond donors (Lipinski definition) is 0. The van der Waals surface area contributed by atoms with Crippen LogP contribution in [0.25, 0.3) is 0 Å². The van der Waals surface area contributed by atoms with E-state index in [1.807, 2.05) is 18.5 Å². The average molecular weight is 301 g/mol. The predicted molar refractivity (Wildman–Crippen MR) is 86.1 cm³/mol. The number of rotatable bonds is 4. The maximum Gasteiger partial charge on any atom is 0.169 e. The zero-order valence-corrected chi connectivity index (χ0v) is 13.0. The minimum atomic E-state index is 0.161. The van der Waals surface area contributed by atoms with Gasteiger partial charge in [0.25, 0.3) is 0 Å². The molecule has 0 atom stereocenters. The molecule has 0 radical (unpaired) electrons. The Hall–Kier alpha value is -1.72. The Morgan fingerprint density at radius 2 is 1.95 bits per heavy atom. The van der Waals surface area contributed by atoms with Crippen molar-refractivity contribution in [3.8, 4) is 0 Å². The molecular formula is C16H19N3OS. The van der Waals surface area contributed by atoms with E-state index in [0.29, 0.717) is 0 Å². The molecule has 2 aromatic rings. The third-order valence-electron chi connectivity index (χ3n) is 3.81. The van der Waals surface area contributed by atoms with E-state index >= 15 is 0 Å². The summed E-state index contributed by atoms with van der Waals surface area (Å²) in [5, 5.41) is 2.10. The second-order valence-corrected chi connectivity index (χ2v) is 6.26.